The standard InChI is InChI=1S/C3H5ClN2O2/c1-2(4)6-8-3(5)7/h1H3,(H2,5,7). The number of primary amides is 1. The number of nitrogens with zero attached hydrogens (tertiary/aromatic N) is 1. The van der Waals surface area contributed by atoms with Crippen LogP contribution < -0.4 is 5.73 Å². The van der Waals surface area contributed by atoms with E-state index < -0.39 is 6.09 Å². The van der Waals surface area contributed by atoms with E-state index in [-0.39, 0.29) is 5.17 Å². The van der Waals surface area contributed by atoms with E-state index in [2.05, 4.69) is 15.7 Å². The Bertz CT molecular complexity index is 118. The largest absolute Gasteiger partial charge is 0.430 e. The summed E-state index contributed by atoms with van der Waals surface area (Å²) in [4.78, 5) is 13.6. The smallest absolute Gasteiger partial charge is 0.333 e. The molecular weight excluding hydrogens is 131 g/mol. The molecule has 0 aromatic heterocycles. The second-order valence-corrected chi connectivity index (χ2v) is 1.55. The quantitative estimate of drug-likeness (QED) is 0.327. The zero-order valence-electron chi connectivity index (χ0n) is 4.22. The number of oxime groups is 1. The van der Waals surface area contributed by atoms with Crippen LogP contribution >= 0.6 is 11.6 Å². The first-order valence-corrected chi connectivity index (χ1v) is 2.17. The summed E-state index contributed by atoms with van der Waals surface area (Å²) in [5.41, 5.74) is 4.51. The summed E-state index contributed by atoms with van der Waals surface area (Å²) in [6, 6.07) is 0. The van der Waals surface area contributed by atoms with Crippen molar-refractivity contribution < 1.29 is 9.63 Å². The fourth-order valence-corrected chi connectivity index (χ4v) is 0.142. The molecule has 0 heterocycles. The van der Waals surface area contributed by atoms with Gasteiger partial charge >= 0.3 is 6.09 Å². The van der Waals surface area contributed by atoms with Crippen molar-refractivity contribution in [3.63, 3.8) is 0 Å². The van der Waals surface area contributed by atoms with Crippen molar-refractivity contribution in [2.75, 3.05) is 0 Å². The maximum Gasteiger partial charge on any atom is 0.430 e. The van der Waals surface area contributed by atoms with Gasteiger partial charge in [-0.1, -0.05) is 16.8 Å². The van der Waals surface area contributed by atoms with Gasteiger partial charge in [-0.2, -0.15) is 0 Å². The number of carbonyl (C=O) groups is 1. The van der Waals surface area contributed by atoms with Crippen molar-refractivity contribution in [2.24, 2.45) is 10.9 Å². The lowest BCUT2D eigenvalue weighted by Gasteiger charge is -1.86. The Balaban J connectivity index is 3.45. The van der Waals surface area contributed by atoms with E-state index in [1.165, 1.54) is 6.92 Å². The molecule has 46 valence electrons. The molecule has 0 aromatic carbocycles. The first-order chi connectivity index (χ1) is 3.63. The van der Waals surface area contributed by atoms with Gasteiger partial charge in [-0.15, -0.1) is 0 Å². The second kappa shape index (κ2) is 3.26. The molecule has 0 bridgehead atoms. The SMILES string of the molecule is CC(Cl)=NOC(N)=O. The molecule has 0 aliphatic rings. The second-order valence-electron chi connectivity index (χ2n) is 0.999. The van der Waals surface area contributed by atoms with Crippen LogP contribution in [0.2, 0.25) is 0 Å². The Morgan fingerprint density at radius 3 is 2.50 bits per heavy atom. The van der Waals surface area contributed by atoms with Crippen LogP contribution in [0.25, 0.3) is 0 Å². The van der Waals surface area contributed by atoms with Crippen molar-refractivity contribution >= 4 is 22.9 Å². The molecule has 0 fully saturated rings. The van der Waals surface area contributed by atoms with Crippen molar-refractivity contribution in [1.82, 2.24) is 0 Å². The number of nitrogens with two attached hydrogens (primary N) is 1. The van der Waals surface area contributed by atoms with Crippen LogP contribution in [-0.4, -0.2) is 11.3 Å². The highest BCUT2D eigenvalue weighted by molar-refractivity contribution is 6.64. The zero-order valence-corrected chi connectivity index (χ0v) is 4.97. The molecule has 0 saturated heterocycles. The van der Waals surface area contributed by atoms with Crippen LogP contribution in [-0.2, 0) is 4.84 Å². The zero-order chi connectivity index (χ0) is 6.57. The van der Waals surface area contributed by atoms with Gasteiger partial charge in [-0.05, 0) is 6.92 Å². The number of rotatable bonds is 1. The van der Waals surface area contributed by atoms with Crippen LogP contribution in [0.5, 0.6) is 0 Å². The first kappa shape index (κ1) is 7.23. The predicted octanol–water partition coefficient (Wildman–Crippen LogP) is 0.654. The molecule has 0 spiro atoms. The maximum absolute atomic E-state index is 9.74. The van der Waals surface area contributed by atoms with Gasteiger partial charge in [-0.25, -0.2) is 4.79 Å². The summed E-state index contributed by atoms with van der Waals surface area (Å²) in [6.45, 7) is 1.46. The van der Waals surface area contributed by atoms with Gasteiger partial charge in [0.25, 0.3) is 0 Å². The van der Waals surface area contributed by atoms with Crippen LogP contribution in [0.3, 0.4) is 0 Å². The fourth-order valence-electron chi connectivity index (χ4n) is 0.108. The number of amides is 1. The van der Waals surface area contributed by atoms with Crippen molar-refractivity contribution in [2.45, 2.75) is 6.92 Å². The average molecular weight is 137 g/mol. The molecule has 0 unspecified atom stereocenters. The lowest BCUT2D eigenvalue weighted by molar-refractivity contribution is 0.162. The highest BCUT2D eigenvalue weighted by Gasteiger charge is 1.88. The van der Waals surface area contributed by atoms with E-state index in [1.807, 2.05) is 0 Å². The molecule has 0 aromatic rings. The van der Waals surface area contributed by atoms with E-state index in [0.29, 0.717) is 0 Å². The summed E-state index contributed by atoms with van der Waals surface area (Å²) in [7, 11) is 0. The monoisotopic (exact) mass is 136 g/mol. The van der Waals surface area contributed by atoms with Gasteiger partial charge < -0.3 is 5.73 Å². The average Bonchev–Trinajstić information content (AvgIpc) is 1.61. The molecular formula is C3H5ClN2O2. The normalized spacial score (nSPS) is 11.0. The van der Waals surface area contributed by atoms with Crippen molar-refractivity contribution in [3.05, 3.63) is 0 Å². The van der Waals surface area contributed by atoms with Gasteiger partial charge in [0.05, 0.1) is 0 Å². The molecule has 0 aliphatic heterocycles. The molecule has 0 atom stereocenters. The predicted molar refractivity (Wildman–Crippen MR) is 29.6 cm³/mol. The Hall–Kier alpha value is -0.770. The molecule has 4 nitrogen and oxygen atoms in total. The fraction of sp³-hybridized carbons (Fsp3) is 0.333. The van der Waals surface area contributed by atoms with E-state index in [1.54, 1.807) is 0 Å². The molecule has 0 rings (SSSR count). The van der Waals surface area contributed by atoms with E-state index >= 15 is 0 Å². The van der Waals surface area contributed by atoms with E-state index in [0.717, 1.165) is 0 Å². The van der Waals surface area contributed by atoms with Crippen molar-refractivity contribution in [1.29, 1.82) is 0 Å². The minimum absolute atomic E-state index is 0.129. The highest BCUT2D eigenvalue weighted by Crippen LogP contribution is 1.83. The lowest BCUT2D eigenvalue weighted by atomic mass is 10.9. The third-order valence-corrected chi connectivity index (χ3v) is 0.330. The lowest BCUT2D eigenvalue weighted by Crippen LogP contribution is -2.09. The third-order valence-electron chi connectivity index (χ3n) is 0.261. The van der Waals surface area contributed by atoms with Crippen molar-refractivity contribution in [3.8, 4) is 0 Å². The Morgan fingerprint density at radius 2 is 2.38 bits per heavy atom. The Morgan fingerprint density at radius 1 is 1.88 bits per heavy atom. The minimum Gasteiger partial charge on any atom is -0.333 e. The molecule has 0 aliphatic carbocycles. The highest BCUT2D eigenvalue weighted by atomic mass is 35.5. The number of halogens is 1. The number of hydrogen-bond donors (Lipinski definition) is 1. The molecule has 0 radical (unpaired) electrons. The van der Waals surface area contributed by atoms with Gasteiger partial charge in [0.2, 0.25) is 0 Å². The van der Waals surface area contributed by atoms with Crippen LogP contribution in [0.4, 0.5) is 4.79 Å². The summed E-state index contributed by atoms with van der Waals surface area (Å²) >= 11 is 5.14. The molecule has 0 saturated carbocycles. The van der Waals surface area contributed by atoms with E-state index in [4.69, 9.17) is 11.6 Å². The minimum atomic E-state index is -0.968. The van der Waals surface area contributed by atoms with E-state index in [9.17, 15) is 4.79 Å². The van der Waals surface area contributed by atoms with Gasteiger partial charge in [0.15, 0.2) is 0 Å². The number of hydrogen-bond acceptors (Lipinski definition) is 3. The van der Waals surface area contributed by atoms with Crippen LogP contribution in [0, 0.1) is 0 Å². The molecule has 1 amide bonds. The number of carbonyl (C=O) groups excluding carboxylic acids is 1. The van der Waals surface area contributed by atoms with Crippen LogP contribution in [0.1, 0.15) is 6.92 Å². The van der Waals surface area contributed by atoms with Gasteiger partial charge in [-0.3, -0.25) is 4.84 Å². The molecule has 8 heavy (non-hydrogen) atoms. The topological polar surface area (TPSA) is 64.7 Å². The Labute approximate surface area is 51.2 Å². The first-order valence-electron chi connectivity index (χ1n) is 1.79. The molecule has 5 heteroatoms. The summed E-state index contributed by atoms with van der Waals surface area (Å²) in [6.07, 6.45) is -0.968. The third kappa shape index (κ3) is 5.23. The maximum atomic E-state index is 9.74. The van der Waals surface area contributed by atoms with Gasteiger partial charge in [0, 0.05) is 0 Å². The summed E-state index contributed by atoms with van der Waals surface area (Å²) < 4.78 is 0. The summed E-state index contributed by atoms with van der Waals surface area (Å²) in [5, 5.41) is 3.16. The Kier molecular flexibility index (Phi) is 2.95. The van der Waals surface area contributed by atoms with Gasteiger partial charge in [0.1, 0.15) is 5.17 Å². The van der Waals surface area contributed by atoms with Crippen LogP contribution in [0.15, 0.2) is 5.16 Å². The summed E-state index contributed by atoms with van der Waals surface area (Å²) in [5.74, 6) is 0. The molecule has 2 N–H and O–H groups in total.